The molecule has 3 rings (SSSR count). The van der Waals surface area contributed by atoms with Crippen molar-refractivity contribution in [2.75, 3.05) is 0 Å². The van der Waals surface area contributed by atoms with Crippen molar-refractivity contribution in [1.82, 2.24) is 0 Å². The molecular weight excluding hydrogens is 426 g/mol. The first kappa shape index (κ1) is 27.0. The molecule has 0 unspecified atom stereocenters. The average Bonchev–Trinajstić information content (AvgIpc) is 3.07. The van der Waals surface area contributed by atoms with Gasteiger partial charge in [-0.05, 0) is 10.8 Å². The van der Waals surface area contributed by atoms with Crippen LogP contribution in [-0.4, -0.2) is 0 Å². The van der Waals surface area contributed by atoms with Gasteiger partial charge in [0.05, 0.1) is 0 Å². The van der Waals surface area contributed by atoms with E-state index in [4.69, 9.17) is 0 Å². The number of halogens is 2. The van der Waals surface area contributed by atoms with Gasteiger partial charge >= 0.3 is 26.2 Å². The van der Waals surface area contributed by atoms with Gasteiger partial charge < -0.3 is 24.8 Å². The molecule has 0 aromatic heterocycles. The van der Waals surface area contributed by atoms with Crippen molar-refractivity contribution in [3.8, 4) is 0 Å². The summed E-state index contributed by atoms with van der Waals surface area (Å²) >= 11 is 0. The Hall–Kier alpha value is -0.227. The van der Waals surface area contributed by atoms with E-state index in [1.165, 1.54) is 21.9 Å². The number of hydrogen-bond acceptors (Lipinski definition) is 0. The van der Waals surface area contributed by atoms with Crippen LogP contribution in [0.3, 0.4) is 0 Å². The number of fused-ring (bicyclic) bond motifs is 1. The van der Waals surface area contributed by atoms with Gasteiger partial charge in [-0.3, -0.25) is 6.08 Å². The Morgan fingerprint density at radius 2 is 1.52 bits per heavy atom. The smallest absolute Gasteiger partial charge is 1.00 e. The van der Waals surface area contributed by atoms with E-state index in [0.717, 1.165) is 6.42 Å². The monoisotopic (exact) mass is 452 g/mol. The first-order valence-electron chi connectivity index (χ1n) is 8.12. The van der Waals surface area contributed by atoms with Gasteiger partial charge in [-0.25, -0.2) is 11.6 Å². The maximum Gasteiger partial charge on any atom is 4.00 e. The summed E-state index contributed by atoms with van der Waals surface area (Å²) in [5.41, 5.74) is 3.34. The minimum atomic E-state index is 0. The van der Waals surface area contributed by atoms with Crippen molar-refractivity contribution in [2.24, 2.45) is 5.41 Å². The average molecular weight is 455 g/mol. The Morgan fingerprint density at radius 1 is 0.920 bits per heavy atom. The standard InChI is InChI=1S/C13H15.C9H13.2ClH.Zr/c1-13(2,3)12-8-10-6-4-5-7-11(10)9-12;1-9(2,3)8-6-4-5-7-8;;;/h4-9H,1-3H3;4,6H,5H2,1-3H3;2*1H;/q2*-1;;;+4/p-2. The molecule has 0 aliphatic heterocycles. The van der Waals surface area contributed by atoms with Crippen molar-refractivity contribution in [2.45, 2.75) is 53.4 Å². The Morgan fingerprint density at radius 3 is 1.92 bits per heavy atom. The Bertz CT molecular complexity index is 662. The molecule has 0 amide bonds. The molecule has 0 N–H and O–H groups in total. The molecule has 0 bridgehead atoms. The predicted molar refractivity (Wildman–Crippen MR) is 98.2 cm³/mol. The Labute approximate surface area is 185 Å². The molecule has 0 nitrogen and oxygen atoms in total. The van der Waals surface area contributed by atoms with Gasteiger partial charge in [0.2, 0.25) is 0 Å². The molecule has 2 aromatic carbocycles. The third kappa shape index (κ3) is 7.90. The fraction of sp³-hybridized carbons (Fsp3) is 0.409. The van der Waals surface area contributed by atoms with E-state index in [9.17, 15) is 0 Å². The zero-order valence-electron chi connectivity index (χ0n) is 16.1. The quantitative estimate of drug-likeness (QED) is 0.511. The van der Waals surface area contributed by atoms with Gasteiger partial charge in [0.1, 0.15) is 0 Å². The summed E-state index contributed by atoms with van der Waals surface area (Å²) in [4.78, 5) is 0. The molecule has 0 atom stereocenters. The number of allylic oxidation sites excluding steroid dienone is 4. The summed E-state index contributed by atoms with van der Waals surface area (Å²) in [5.74, 6) is 0. The van der Waals surface area contributed by atoms with E-state index < -0.39 is 0 Å². The zero-order valence-corrected chi connectivity index (χ0v) is 20.1. The third-order valence-electron chi connectivity index (χ3n) is 3.99. The number of benzene rings is 1. The molecule has 0 spiro atoms. The van der Waals surface area contributed by atoms with Gasteiger partial charge in [-0.15, -0.1) is 47.0 Å². The van der Waals surface area contributed by atoms with Gasteiger partial charge in [0, 0.05) is 0 Å². The SMILES string of the molecule is CC(C)(C)C1=[C-]CC=C1.CC(C)(C)c1cc2ccccc2[cH-]1.[Cl-].[Cl-].[Zr+4]. The summed E-state index contributed by atoms with van der Waals surface area (Å²) in [6, 6.07) is 13.1. The third-order valence-corrected chi connectivity index (χ3v) is 3.99. The van der Waals surface area contributed by atoms with Crippen LogP contribution < -0.4 is 24.8 Å². The first-order chi connectivity index (χ1) is 10.2. The topological polar surface area (TPSA) is 0 Å². The van der Waals surface area contributed by atoms with Crippen LogP contribution in [0.15, 0.2) is 54.1 Å². The van der Waals surface area contributed by atoms with Crippen molar-refractivity contribution in [3.63, 3.8) is 0 Å². The molecule has 0 saturated heterocycles. The molecule has 2 aromatic rings. The first-order valence-corrected chi connectivity index (χ1v) is 8.12. The van der Waals surface area contributed by atoms with Crippen molar-refractivity contribution in [1.29, 1.82) is 0 Å². The van der Waals surface area contributed by atoms with Crippen molar-refractivity contribution >= 4 is 10.8 Å². The van der Waals surface area contributed by atoms with Crippen molar-refractivity contribution < 1.29 is 51.0 Å². The van der Waals surface area contributed by atoms with Crippen LogP contribution in [0.4, 0.5) is 0 Å². The van der Waals surface area contributed by atoms with E-state index in [1.807, 2.05) is 0 Å². The number of rotatable bonds is 0. The van der Waals surface area contributed by atoms with E-state index in [2.05, 4.69) is 96.2 Å². The second kappa shape index (κ2) is 10.8. The van der Waals surface area contributed by atoms with Crippen LogP contribution in [0.5, 0.6) is 0 Å². The fourth-order valence-electron chi connectivity index (χ4n) is 2.50. The molecule has 3 heteroatoms. The largest absolute Gasteiger partial charge is 4.00 e. The van der Waals surface area contributed by atoms with Crippen LogP contribution in [0.2, 0.25) is 0 Å². The van der Waals surface area contributed by atoms with E-state index in [1.54, 1.807) is 0 Å². The van der Waals surface area contributed by atoms with E-state index >= 15 is 0 Å². The molecule has 25 heavy (non-hydrogen) atoms. The molecule has 0 heterocycles. The van der Waals surface area contributed by atoms with Crippen LogP contribution in [0.25, 0.3) is 10.8 Å². The molecule has 0 radical (unpaired) electrons. The van der Waals surface area contributed by atoms with Gasteiger partial charge in [0.15, 0.2) is 0 Å². The summed E-state index contributed by atoms with van der Waals surface area (Å²) < 4.78 is 0. The van der Waals surface area contributed by atoms with Crippen LogP contribution in [-0.2, 0) is 31.6 Å². The van der Waals surface area contributed by atoms with Gasteiger partial charge in [-0.2, -0.15) is 12.1 Å². The van der Waals surface area contributed by atoms with E-state index in [-0.39, 0.29) is 56.4 Å². The Balaban J connectivity index is 0. The molecule has 1 aliphatic rings. The summed E-state index contributed by atoms with van der Waals surface area (Å²) in [5, 5.41) is 2.71. The summed E-state index contributed by atoms with van der Waals surface area (Å²) in [7, 11) is 0. The normalized spacial score (nSPS) is 13.0. The van der Waals surface area contributed by atoms with Gasteiger partial charge in [-0.1, -0.05) is 47.6 Å². The maximum atomic E-state index is 3.30. The van der Waals surface area contributed by atoms with Crippen LogP contribution in [0.1, 0.15) is 53.5 Å². The second-order valence-corrected chi connectivity index (χ2v) is 8.07. The maximum absolute atomic E-state index is 3.30. The van der Waals surface area contributed by atoms with Gasteiger partial charge in [0.25, 0.3) is 0 Å². The van der Waals surface area contributed by atoms with Crippen LogP contribution >= 0.6 is 0 Å². The molecule has 1 aliphatic carbocycles. The predicted octanol–water partition coefficient (Wildman–Crippen LogP) is 0.584. The summed E-state index contributed by atoms with van der Waals surface area (Å²) in [6.07, 6.45) is 8.63. The van der Waals surface area contributed by atoms with Crippen LogP contribution in [0, 0.1) is 11.5 Å². The summed E-state index contributed by atoms with van der Waals surface area (Å²) in [6.45, 7) is 13.4. The zero-order chi connectivity index (χ0) is 16.4. The molecule has 0 saturated carbocycles. The number of hydrogen-bond donors (Lipinski definition) is 0. The fourth-order valence-corrected chi connectivity index (χ4v) is 2.50. The van der Waals surface area contributed by atoms with Crippen molar-refractivity contribution in [3.05, 3.63) is 65.8 Å². The molecule has 134 valence electrons. The second-order valence-electron chi connectivity index (χ2n) is 8.07. The molecular formula is C22H28Cl2Zr. The van der Waals surface area contributed by atoms with E-state index in [0.29, 0.717) is 5.41 Å². The molecule has 0 fully saturated rings. The minimum Gasteiger partial charge on any atom is -1.00 e. The minimum absolute atomic E-state index is 0. The Kier molecular flexibility index (Phi) is 11.7.